The molecule has 3 nitrogen and oxygen atoms in total. The van der Waals surface area contributed by atoms with Gasteiger partial charge in [-0.2, -0.15) is 0 Å². The summed E-state index contributed by atoms with van der Waals surface area (Å²) in [6.45, 7) is 5.90. The molecule has 0 aliphatic rings. The quantitative estimate of drug-likeness (QED) is 0.0856. The van der Waals surface area contributed by atoms with Gasteiger partial charge in [0.15, 0.2) is 0 Å². The first-order valence-electron chi connectivity index (χ1n) is 15.3. The predicted molar refractivity (Wildman–Crippen MR) is 205 cm³/mol. The molecule has 0 saturated heterocycles. The summed E-state index contributed by atoms with van der Waals surface area (Å²) in [5, 5.41) is 2.31. The summed E-state index contributed by atoms with van der Waals surface area (Å²) in [4.78, 5) is 0. The van der Waals surface area contributed by atoms with E-state index in [0.29, 0.717) is 12.6 Å². The zero-order valence-corrected chi connectivity index (χ0v) is 30.0. The number of benzene rings is 6. The number of hydrogen-bond donors (Lipinski definition) is 0. The molecule has 6 rings (SSSR count). The van der Waals surface area contributed by atoms with E-state index in [1.807, 2.05) is 0 Å². The fraction of sp³-hybridized carbons (Fsp3) is 0.150. The number of hydrogen-bond acceptors (Lipinski definition) is 3. The molecule has 0 radical (unpaired) electrons. The second-order valence-corrected chi connectivity index (χ2v) is 20.5. The van der Waals surface area contributed by atoms with Crippen molar-refractivity contribution in [3.05, 3.63) is 178 Å². The molecule has 0 saturated carbocycles. The third-order valence-electron chi connectivity index (χ3n) is 7.29. The van der Waals surface area contributed by atoms with E-state index < -0.39 is 40.3 Å². The van der Waals surface area contributed by atoms with Gasteiger partial charge < -0.3 is 0 Å². The number of rotatable bonds is 13. The van der Waals surface area contributed by atoms with Gasteiger partial charge in [0.2, 0.25) is 0 Å². The molecule has 0 N–H and O–H groups in total. The Morgan fingerprint density at radius 1 is 0.533 bits per heavy atom. The van der Waals surface area contributed by atoms with Crippen LogP contribution in [0.4, 0.5) is 0 Å². The van der Waals surface area contributed by atoms with Crippen molar-refractivity contribution < 1.29 is 7.80 Å². The van der Waals surface area contributed by atoms with Crippen molar-refractivity contribution in [2.24, 2.45) is 0 Å². The Morgan fingerprint density at radius 3 is 1.53 bits per heavy atom. The molecule has 0 unspecified atom stereocenters. The van der Waals surface area contributed by atoms with E-state index >= 15 is 0 Å². The minimum absolute atomic E-state index is 0.135. The Kier molecular flexibility index (Phi) is 11.2. The van der Waals surface area contributed by atoms with Crippen LogP contribution in [0.2, 0.25) is 0 Å². The maximum absolute atomic E-state index is 7.37. The van der Waals surface area contributed by atoms with Crippen LogP contribution in [0.25, 0.3) is 10.8 Å². The van der Waals surface area contributed by atoms with Crippen LogP contribution in [0.3, 0.4) is 0 Å². The normalized spacial score (nSPS) is 12.7. The summed E-state index contributed by atoms with van der Waals surface area (Å²) in [6, 6.07) is 58.8. The summed E-state index contributed by atoms with van der Waals surface area (Å²) < 4.78 is 22.3. The van der Waals surface area contributed by atoms with Crippen molar-refractivity contribution >= 4 is 51.1 Å². The molecule has 6 aromatic carbocycles. The Morgan fingerprint density at radius 2 is 1.00 bits per heavy atom. The Bertz CT molecular complexity index is 1670. The van der Waals surface area contributed by atoms with Gasteiger partial charge >= 0.3 is 285 Å². The van der Waals surface area contributed by atoms with Crippen LogP contribution in [0.15, 0.2) is 164 Å². The van der Waals surface area contributed by atoms with Crippen LogP contribution < -0.4 is 4.74 Å². The Hall–Kier alpha value is -3.24. The van der Waals surface area contributed by atoms with E-state index in [-0.39, 0.29) is 6.10 Å². The zero-order valence-electron chi connectivity index (χ0n) is 25.7. The fourth-order valence-electron chi connectivity index (χ4n) is 5.14. The van der Waals surface area contributed by atoms with E-state index in [9.17, 15) is 0 Å². The van der Waals surface area contributed by atoms with Crippen molar-refractivity contribution in [2.45, 2.75) is 26.0 Å². The van der Waals surface area contributed by atoms with Crippen molar-refractivity contribution in [1.29, 1.82) is 0 Å². The van der Waals surface area contributed by atoms with E-state index in [2.05, 4.69) is 181 Å². The number of ether oxygens (including phenoxy) is 1. The van der Waals surface area contributed by atoms with Gasteiger partial charge in [0.1, 0.15) is 0 Å². The van der Waals surface area contributed by atoms with Crippen LogP contribution >= 0.6 is 40.3 Å². The molecule has 0 amide bonds. The molecule has 6 aromatic rings. The molecule has 0 aliphatic heterocycles. The third-order valence-corrected chi connectivity index (χ3v) is 18.8. The van der Waals surface area contributed by atoms with Gasteiger partial charge in [-0.1, -0.05) is 0 Å². The Labute approximate surface area is 282 Å². The average Bonchev–Trinajstić information content (AvgIpc) is 3.10. The third kappa shape index (κ3) is 8.14. The average molecular weight is 820 g/mol. The van der Waals surface area contributed by atoms with Crippen LogP contribution in [-0.2, 0) is 3.07 Å². The second-order valence-electron chi connectivity index (χ2n) is 10.9. The Balaban J connectivity index is 1.38. The zero-order chi connectivity index (χ0) is 30.8. The molecule has 5 heteroatoms. The molecule has 0 bridgehead atoms. The SMILES string of the molecule is CC(C)N(C[C@@H](COc1cccc2ccccc12)OI(c1ccccc1)c1ccccc1)I(c1ccccc1)c1ccccc1. The minimum atomic E-state index is -2.27. The van der Waals surface area contributed by atoms with E-state index in [1.54, 1.807) is 0 Å². The van der Waals surface area contributed by atoms with Crippen molar-refractivity contribution in [1.82, 2.24) is 3.11 Å². The van der Waals surface area contributed by atoms with Crippen molar-refractivity contribution in [3.8, 4) is 5.75 Å². The first-order valence-corrected chi connectivity index (χ1v) is 21.5. The molecule has 0 heterocycles. The van der Waals surface area contributed by atoms with Crippen LogP contribution in [0.1, 0.15) is 13.8 Å². The molecule has 0 aliphatic carbocycles. The van der Waals surface area contributed by atoms with E-state index in [0.717, 1.165) is 17.7 Å². The summed E-state index contributed by atoms with van der Waals surface area (Å²) in [5.74, 6) is 0.902. The van der Waals surface area contributed by atoms with Gasteiger partial charge in [0.25, 0.3) is 0 Å². The molecule has 45 heavy (non-hydrogen) atoms. The number of nitrogens with zero attached hydrogens (tertiary/aromatic N) is 1. The standard InChI is InChI=1S/C40H39I2NO2/c1-32(2)43(41(34-20-7-3-8-21-34)35-22-9-4-10-23-35)30-38(31-44-40-29-17-19-33-18-15-16-28-39(33)40)45-42(36-24-11-5-12-25-36)37-26-13-6-14-27-37/h3-29,32,38H,30-31H2,1-2H3/t38-/m0/s1. The van der Waals surface area contributed by atoms with Gasteiger partial charge in [0, 0.05) is 0 Å². The molecule has 0 spiro atoms. The van der Waals surface area contributed by atoms with Crippen LogP contribution in [0, 0.1) is 14.3 Å². The van der Waals surface area contributed by atoms with Gasteiger partial charge in [-0.15, -0.1) is 0 Å². The molecule has 0 aromatic heterocycles. The number of fused-ring (bicyclic) bond motifs is 1. The summed E-state index contributed by atoms with van der Waals surface area (Å²) >= 11 is -4.31. The second kappa shape index (κ2) is 15.9. The van der Waals surface area contributed by atoms with Gasteiger partial charge in [-0.25, -0.2) is 0 Å². The molecular formula is C40H39I2NO2. The first kappa shape index (κ1) is 31.7. The molecule has 1 atom stereocenters. The summed E-state index contributed by atoms with van der Waals surface area (Å²) in [5.41, 5.74) is 0. The van der Waals surface area contributed by atoms with Crippen molar-refractivity contribution in [2.75, 3.05) is 13.2 Å². The molecular weight excluding hydrogens is 780 g/mol. The van der Waals surface area contributed by atoms with Crippen molar-refractivity contribution in [3.63, 3.8) is 0 Å². The monoisotopic (exact) mass is 819 g/mol. The van der Waals surface area contributed by atoms with Crippen LogP contribution in [0.5, 0.6) is 5.75 Å². The van der Waals surface area contributed by atoms with Gasteiger partial charge in [-0.05, 0) is 0 Å². The maximum atomic E-state index is 7.37. The summed E-state index contributed by atoms with van der Waals surface area (Å²) in [7, 11) is 0. The molecule has 230 valence electrons. The predicted octanol–water partition coefficient (Wildman–Crippen LogP) is 10.6. The summed E-state index contributed by atoms with van der Waals surface area (Å²) in [6.07, 6.45) is -0.135. The van der Waals surface area contributed by atoms with E-state index in [4.69, 9.17) is 7.80 Å². The topological polar surface area (TPSA) is 21.7 Å². The molecule has 0 fully saturated rings. The first-order chi connectivity index (χ1) is 22.2. The van der Waals surface area contributed by atoms with E-state index in [1.165, 1.54) is 19.7 Å². The van der Waals surface area contributed by atoms with Crippen LogP contribution in [-0.4, -0.2) is 28.4 Å². The van der Waals surface area contributed by atoms with Gasteiger partial charge in [0.05, 0.1) is 0 Å². The van der Waals surface area contributed by atoms with Gasteiger partial charge in [-0.3, -0.25) is 0 Å². The number of halogens is 2. The fourth-order valence-corrected chi connectivity index (χ4v) is 15.9.